The standard InChI is InChI=1S/C12H20N2O4/c15-6-5-10(11(16)17)13-12(18)14(9-3-4-9)7-8-1-2-8/h8-10,15H,1-7H2,(H,13,18)(H,16,17)/t10-/m0/s1. The van der Waals surface area contributed by atoms with Crippen molar-refractivity contribution in [3.05, 3.63) is 0 Å². The molecule has 0 aliphatic heterocycles. The summed E-state index contributed by atoms with van der Waals surface area (Å²) in [6.07, 6.45) is 4.39. The fraction of sp³-hybridized carbons (Fsp3) is 0.833. The Kier molecular flexibility index (Phi) is 4.06. The number of aliphatic carboxylic acids is 1. The summed E-state index contributed by atoms with van der Waals surface area (Å²) < 4.78 is 0. The van der Waals surface area contributed by atoms with E-state index in [1.165, 1.54) is 0 Å². The summed E-state index contributed by atoms with van der Waals surface area (Å²) in [5.41, 5.74) is 0. The van der Waals surface area contributed by atoms with Crippen molar-refractivity contribution in [2.24, 2.45) is 5.92 Å². The number of carboxylic acid groups (broad SMARTS) is 1. The van der Waals surface area contributed by atoms with Crippen LogP contribution in [0.25, 0.3) is 0 Å². The lowest BCUT2D eigenvalue weighted by atomic mass is 10.2. The molecule has 2 fully saturated rings. The number of carbonyl (C=O) groups excluding carboxylic acids is 1. The van der Waals surface area contributed by atoms with Crippen LogP contribution in [0.2, 0.25) is 0 Å². The van der Waals surface area contributed by atoms with E-state index < -0.39 is 12.0 Å². The lowest BCUT2D eigenvalue weighted by Gasteiger charge is -2.24. The van der Waals surface area contributed by atoms with E-state index in [4.69, 9.17) is 10.2 Å². The minimum absolute atomic E-state index is 0.0447. The second-order valence-electron chi connectivity index (χ2n) is 5.18. The third-order valence-corrected chi connectivity index (χ3v) is 3.41. The molecule has 2 aliphatic carbocycles. The van der Waals surface area contributed by atoms with E-state index >= 15 is 0 Å². The van der Waals surface area contributed by atoms with Gasteiger partial charge >= 0.3 is 12.0 Å². The summed E-state index contributed by atoms with van der Waals surface area (Å²) in [5, 5.41) is 20.2. The second-order valence-corrected chi connectivity index (χ2v) is 5.18. The van der Waals surface area contributed by atoms with Gasteiger partial charge < -0.3 is 20.4 Å². The van der Waals surface area contributed by atoms with Crippen molar-refractivity contribution in [2.75, 3.05) is 13.2 Å². The first-order chi connectivity index (χ1) is 8.61. The van der Waals surface area contributed by atoms with Crippen LogP contribution >= 0.6 is 0 Å². The minimum atomic E-state index is -1.10. The monoisotopic (exact) mass is 256 g/mol. The van der Waals surface area contributed by atoms with E-state index in [1.54, 1.807) is 4.90 Å². The Morgan fingerprint density at radius 3 is 2.39 bits per heavy atom. The topological polar surface area (TPSA) is 89.9 Å². The molecule has 0 unspecified atom stereocenters. The molecule has 0 spiro atoms. The Hall–Kier alpha value is -1.30. The number of nitrogens with zero attached hydrogens (tertiary/aromatic N) is 1. The Bertz CT molecular complexity index is 326. The molecule has 6 nitrogen and oxygen atoms in total. The van der Waals surface area contributed by atoms with Gasteiger partial charge in [0.05, 0.1) is 0 Å². The van der Waals surface area contributed by atoms with Gasteiger partial charge in [-0.05, 0) is 31.6 Å². The lowest BCUT2D eigenvalue weighted by molar-refractivity contribution is -0.139. The van der Waals surface area contributed by atoms with Crippen LogP contribution in [0.4, 0.5) is 4.79 Å². The molecule has 0 bridgehead atoms. The van der Waals surface area contributed by atoms with Crippen LogP contribution in [-0.4, -0.2) is 52.3 Å². The zero-order valence-electron chi connectivity index (χ0n) is 10.3. The first-order valence-electron chi connectivity index (χ1n) is 6.52. The third kappa shape index (κ3) is 3.60. The van der Waals surface area contributed by atoms with Gasteiger partial charge in [0.2, 0.25) is 0 Å². The SMILES string of the molecule is O=C(O)[C@H](CCO)NC(=O)N(CC1CC1)C1CC1. The molecule has 0 aromatic rings. The number of hydrogen-bond donors (Lipinski definition) is 3. The van der Waals surface area contributed by atoms with Gasteiger partial charge in [-0.25, -0.2) is 9.59 Å². The average molecular weight is 256 g/mol. The molecule has 0 radical (unpaired) electrons. The van der Waals surface area contributed by atoms with Crippen molar-refractivity contribution in [3.63, 3.8) is 0 Å². The van der Waals surface area contributed by atoms with E-state index in [0.29, 0.717) is 5.92 Å². The van der Waals surface area contributed by atoms with Gasteiger partial charge in [-0.1, -0.05) is 0 Å². The highest BCUT2D eigenvalue weighted by Gasteiger charge is 2.37. The van der Waals surface area contributed by atoms with E-state index in [9.17, 15) is 9.59 Å². The molecule has 1 atom stereocenters. The maximum Gasteiger partial charge on any atom is 0.326 e. The number of carbonyl (C=O) groups is 2. The van der Waals surface area contributed by atoms with E-state index in [-0.39, 0.29) is 25.1 Å². The molecule has 102 valence electrons. The maximum atomic E-state index is 12.0. The van der Waals surface area contributed by atoms with Crippen LogP contribution in [-0.2, 0) is 4.79 Å². The number of aliphatic hydroxyl groups excluding tert-OH is 1. The van der Waals surface area contributed by atoms with Crippen molar-refractivity contribution >= 4 is 12.0 Å². The van der Waals surface area contributed by atoms with Gasteiger partial charge in [-0.15, -0.1) is 0 Å². The van der Waals surface area contributed by atoms with Gasteiger partial charge in [0.1, 0.15) is 6.04 Å². The van der Waals surface area contributed by atoms with Gasteiger partial charge in [0, 0.05) is 25.6 Å². The molecular formula is C12H20N2O4. The van der Waals surface area contributed by atoms with Crippen LogP contribution in [0.5, 0.6) is 0 Å². The highest BCUT2D eigenvalue weighted by atomic mass is 16.4. The Labute approximate surface area is 106 Å². The maximum absolute atomic E-state index is 12.0. The zero-order chi connectivity index (χ0) is 13.1. The average Bonchev–Trinajstić information content (AvgIpc) is 3.16. The van der Waals surface area contributed by atoms with Gasteiger partial charge in [-0.3, -0.25) is 0 Å². The van der Waals surface area contributed by atoms with Crippen LogP contribution in [0.1, 0.15) is 32.1 Å². The number of nitrogens with one attached hydrogen (secondary N) is 1. The van der Waals surface area contributed by atoms with E-state index in [1.807, 2.05) is 0 Å². The Morgan fingerprint density at radius 1 is 1.28 bits per heavy atom. The van der Waals surface area contributed by atoms with E-state index in [0.717, 1.165) is 32.2 Å². The molecule has 3 N–H and O–H groups in total. The van der Waals surface area contributed by atoms with Gasteiger partial charge in [0.15, 0.2) is 0 Å². The highest BCUT2D eigenvalue weighted by Crippen LogP contribution is 2.34. The number of rotatable bonds is 7. The molecule has 2 aliphatic rings. The summed E-state index contributed by atoms with van der Waals surface area (Å²) in [4.78, 5) is 24.7. The number of carboxylic acids is 1. The molecule has 0 saturated heterocycles. The summed E-state index contributed by atoms with van der Waals surface area (Å²) in [6.45, 7) is 0.491. The Balaban J connectivity index is 1.88. The molecule has 6 heteroatoms. The Morgan fingerprint density at radius 2 is 1.94 bits per heavy atom. The fourth-order valence-electron chi connectivity index (χ4n) is 1.98. The zero-order valence-corrected chi connectivity index (χ0v) is 10.3. The van der Waals surface area contributed by atoms with Crippen molar-refractivity contribution in [1.29, 1.82) is 0 Å². The van der Waals surface area contributed by atoms with Crippen molar-refractivity contribution in [3.8, 4) is 0 Å². The summed E-state index contributed by atoms with van der Waals surface area (Å²) >= 11 is 0. The predicted octanol–water partition coefficient (Wildman–Crippen LogP) is 0.406. The van der Waals surface area contributed by atoms with Gasteiger partial charge in [0.25, 0.3) is 0 Å². The summed E-state index contributed by atoms with van der Waals surface area (Å²) in [5.74, 6) is -0.503. The van der Waals surface area contributed by atoms with Crippen LogP contribution in [0, 0.1) is 5.92 Å². The highest BCUT2D eigenvalue weighted by molar-refractivity contribution is 5.82. The van der Waals surface area contributed by atoms with Crippen molar-refractivity contribution < 1.29 is 19.8 Å². The van der Waals surface area contributed by atoms with Crippen LogP contribution in [0.3, 0.4) is 0 Å². The quantitative estimate of drug-likeness (QED) is 0.615. The van der Waals surface area contributed by atoms with Crippen molar-refractivity contribution in [1.82, 2.24) is 10.2 Å². The lowest BCUT2D eigenvalue weighted by Crippen LogP contribution is -2.49. The molecule has 2 amide bonds. The molecule has 2 saturated carbocycles. The van der Waals surface area contributed by atoms with Gasteiger partial charge in [-0.2, -0.15) is 0 Å². The van der Waals surface area contributed by atoms with E-state index in [2.05, 4.69) is 5.32 Å². The summed E-state index contributed by atoms with van der Waals surface area (Å²) in [7, 11) is 0. The predicted molar refractivity (Wildman–Crippen MR) is 64.1 cm³/mol. The second kappa shape index (κ2) is 5.56. The smallest absolute Gasteiger partial charge is 0.326 e. The normalized spacial score (nSPS) is 20.3. The number of amides is 2. The molecule has 18 heavy (non-hydrogen) atoms. The third-order valence-electron chi connectivity index (χ3n) is 3.41. The molecule has 0 heterocycles. The minimum Gasteiger partial charge on any atom is -0.480 e. The number of urea groups is 1. The largest absolute Gasteiger partial charge is 0.480 e. The van der Waals surface area contributed by atoms with Crippen LogP contribution < -0.4 is 5.32 Å². The molecular weight excluding hydrogens is 236 g/mol. The fourth-order valence-corrected chi connectivity index (χ4v) is 1.98. The first kappa shape index (κ1) is 13.1. The number of aliphatic hydroxyl groups is 1. The number of hydrogen-bond acceptors (Lipinski definition) is 3. The summed E-state index contributed by atoms with van der Waals surface area (Å²) in [6, 6.07) is -1.01. The van der Waals surface area contributed by atoms with Crippen molar-refractivity contribution in [2.45, 2.75) is 44.2 Å². The first-order valence-corrected chi connectivity index (χ1v) is 6.52. The molecule has 0 aromatic heterocycles. The van der Waals surface area contributed by atoms with Crippen LogP contribution in [0.15, 0.2) is 0 Å². The molecule has 0 aromatic carbocycles. The molecule has 2 rings (SSSR count).